The van der Waals surface area contributed by atoms with Gasteiger partial charge in [-0.15, -0.1) is 0 Å². The highest BCUT2D eigenvalue weighted by Gasteiger charge is 2.21. The molecule has 1 aromatic heterocycles. The van der Waals surface area contributed by atoms with Crippen LogP contribution in [0.5, 0.6) is 5.88 Å². The number of hydrogen-bond donors (Lipinski definition) is 1. The zero-order chi connectivity index (χ0) is 13.1. The summed E-state index contributed by atoms with van der Waals surface area (Å²) in [6.07, 6.45) is 1.77. The minimum Gasteiger partial charge on any atom is -0.476 e. The zero-order valence-corrected chi connectivity index (χ0v) is 11.4. The molecule has 4 heteroatoms. The van der Waals surface area contributed by atoms with Crippen LogP contribution in [0.25, 0.3) is 0 Å². The van der Waals surface area contributed by atoms with Gasteiger partial charge in [0.2, 0.25) is 5.88 Å². The van der Waals surface area contributed by atoms with Gasteiger partial charge in [-0.05, 0) is 40.4 Å². The lowest BCUT2D eigenvalue weighted by Crippen LogP contribution is -2.43. The smallest absolute Gasteiger partial charge is 0.213 e. The van der Waals surface area contributed by atoms with E-state index in [1.54, 1.807) is 6.20 Å². The third kappa shape index (κ3) is 3.98. The van der Waals surface area contributed by atoms with Crippen LogP contribution < -0.4 is 10.5 Å². The Hall–Kier alpha value is -1.13. The summed E-state index contributed by atoms with van der Waals surface area (Å²) in [7, 11) is 4.08. The van der Waals surface area contributed by atoms with Gasteiger partial charge in [-0.1, -0.05) is 6.07 Å². The van der Waals surface area contributed by atoms with Crippen LogP contribution >= 0.6 is 0 Å². The number of aromatic nitrogens is 1. The van der Waals surface area contributed by atoms with E-state index in [9.17, 15) is 0 Å². The Kier molecular flexibility index (Phi) is 4.48. The summed E-state index contributed by atoms with van der Waals surface area (Å²) < 4.78 is 5.67. The molecule has 96 valence electrons. The lowest BCUT2D eigenvalue weighted by Gasteiger charge is -2.31. The van der Waals surface area contributed by atoms with E-state index in [1.807, 2.05) is 33.2 Å². The Morgan fingerprint density at radius 1 is 1.41 bits per heavy atom. The Bertz CT molecular complexity index is 344. The van der Waals surface area contributed by atoms with Gasteiger partial charge in [0.25, 0.3) is 0 Å². The molecular formula is C13H23N3O. The number of rotatable bonds is 5. The standard InChI is InChI=1S/C13H23N3O/c1-10(14)11-6-7-12(15-8-11)17-9-13(2,3)16(4)5/h6-8,10H,9,14H2,1-5H3/t10-/m1/s1. The summed E-state index contributed by atoms with van der Waals surface area (Å²) in [4.78, 5) is 6.37. The second kappa shape index (κ2) is 5.47. The number of nitrogens with two attached hydrogens (primary N) is 1. The highest BCUT2D eigenvalue weighted by atomic mass is 16.5. The van der Waals surface area contributed by atoms with Gasteiger partial charge in [0.15, 0.2) is 0 Å². The molecule has 0 aliphatic heterocycles. The molecule has 1 rings (SSSR count). The van der Waals surface area contributed by atoms with Gasteiger partial charge in [-0.25, -0.2) is 4.98 Å². The van der Waals surface area contributed by atoms with E-state index in [1.165, 1.54) is 0 Å². The van der Waals surface area contributed by atoms with Gasteiger partial charge in [-0.3, -0.25) is 0 Å². The fourth-order valence-corrected chi connectivity index (χ4v) is 1.13. The van der Waals surface area contributed by atoms with Crippen LogP contribution in [0, 0.1) is 0 Å². The molecule has 0 bridgehead atoms. The lowest BCUT2D eigenvalue weighted by molar-refractivity contribution is 0.111. The SMILES string of the molecule is C[C@@H](N)c1ccc(OCC(C)(C)N(C)C)nc1. The molecule has 4 nitrogen and oxygen atoms in total. The van der Waals surface area contributed by atoms with Crippen molar-refractivity contribution < 1.29 is 4.74 Å². The van der Waals surface area contributed by atoms with E-state index in [-0.39, 0.29) is 11.6 Å². The van der Waals surface area contributed by atoms with Crippen molar-refractivity contribution in [3.05, 3.63) is 23.9 Å². The number of likely N-dealkylation sites (N-methyl/N-ethyl adjacent to an activating group) is 1. The molecule has 17 heavy (non-hydrogen) atoms. The first-order valence-electron chi connectivity index (χ1n) is 5.84. The average Bonchev–Trinajstić information content (AvgIpc) is 2.27. The van der Waals surface area contributed by atoms with Crippen LogP contribution in [0.1, 0.15) is 32.4 Å². The van der Waals surface area contributed by atoms with Gasteiger partial charge < -0.3 is 15.4 Å². The van der Waals surface area contributed by atoms with Crippen molar-refractivity contribution in [1.29, 1.82) is 0 Å². The zero-order valence-electron chi connectivity index (χ0n) is 11.4. The summed E-state index contributed by atoms with van der Waals surface area (Å²) >= 11 is 0. The molecule has 1 atom stereocenters. The average molecular weight is 237 g/mol. The van der Waals surface area contributed by atoms with Crippen molar-refractivity contribution in [3.63, 3.8) is 0 Å². The van der Waals surface area contributed by atoms with E-state index >= 15 is 0 Å². The van der Waals surface area contributed by atoms with Gasteiger partial charge in [0.05, 0.1) is 0 Å². The second-order valence-electron chi connectivity index (χ2n) is 5.21. The molecule has 0 unspecified atom stereocenters. The highest BCUT2D eigenvalue weighted by Crippen LogP contribution is 2.15. The molecule has 1 heterocycles. The number of pyridine rings is 1. The number of ether oxygens (including phenoxy) is 1. The number of nitrogens with zero attached hydrogens (tertiary/aromatic N) is 2. The van der Waals surface area contributed by atoms with Crippen LogP contribution in [-0.4, -0.2) is 36.1 Å². The molecule has 0 fully saturated rings. The molecule has 0 aliphatic carbocycles. The Morgan fingerprint density at radius 3 is 2.47 bits per heavy atom. The summed E-state index contributed by atoms with van der Waals surface area (Å²) in [6.45, 7) is 6.80. The first-order valence-corrected chi connectivity index (χ1v) is 5.84. The molecule has 2 N–H and O–H groups in total. The van der Waals surface area contributed by atoms with E-state index in [4.69, 9.17) is 10.5 Å². The normalized spacial score (nSPS) is 13.8. The first kappa shape index (κ1) is 13.9. The molecule has 0 aliphatic rings. The second-order valence-corrected chi connectivity index (χ2v) is 5.21. The molecule has 0 amide bonds. The largest absolute Gasteiger partial charge is 0.476 e. The van der Waals surface area contributed by atoms with Crippen molar-refractivity contribution in [2.45, 2.75) is 32.4 Å². The summed E-state index contributed by atoms with van der Waals surface area (Å²) in [6, 6.07) is 3.83. The Labute approximate surface area is 104 Å². The topological polar surface area (TPSA) is 51.4 Å². The van der Waals surface area contributed by atoms with Crippen LogP contribution in [-0.2, 0) is 0 Å². The Balaban J connectivity index is 2.59. The maximum atomic E-state index is 5.76. The van der Waals surface area contributed by atoms with Crippen molar-refractivity contribution in [3.8, 4) is 5.88 Å². The highest BCUT2D eigenvalue weighted by molar-refractivity contribution is 5.20. The fraction of sp³-hybridized carbons (Fsp3) is 0.615. The molecule has 0 radical (unpaired) electrons. The van der Waals surface area contributed by atoms with Crippen LogP contribution in [0.15, 0.2) is 18.3 Å². The maximum Gasteiger partial charge on any atom is 0.213 e. The fourth-order valence-electron chi connectivity index (χ4n) is 1.13. The van der Waals surface area contributed by atoms with Crippen LogP contribution in [0.3, 0.4) is 0 Å². The molecule has 0 aromatic carbocycles. The molecule has 0 saturated heterocycles. The summed E-state index contributed by atoms with van der Waals surface area (Å²) in [5.41, 5.74) is 6.76. The first-order chi connectivity index (χ1) is 7.83. The molecule has 0 spiro atoms. The van der Waals surface area contributed by atoms with E-state index < -0.39 is 0 Å². The van der Waals surface area contributed by atoms with Gasteiger partial charge >= 0.3 is 0 Å². The third-order valence-corrected chi connectivity index (χ3v) is 3.07. The lowest BCUT2D eigenvalue weighted by atomic mass is 10.1. The van der Waals surface area contributed by atoms with Crippen molar-refractivity contribution >= 4 is 0 Å². The van der Waals surface area contributed by atoms with E-state index in [2.05, 4.69) is 23.7 Å². The third-order valence-electron chi connectivity index (χ3n) is 3.07. The van der Waals surface area contributed by atoms with Crippen molar-refractivity contribution in [1.82, 2.24) is 9.88 Å². The van der Waals surface area contributed by atoms with Gasteiger partial charge in [0.1, 0.15) is 6.61 Å². The quantitative estimate of drug-likeness (QED) is 0.848. The monoisotopic (exact) mass is 237 g/mol. The van der Waals surface area contributed by atoms with Crippen LogP contribution in [0.2, 0.25) is 0 Å². The van der Waals surface area contributed by atoms with Crippen LogP contribution in [0.4, 0.5) is 0 Å². The predicted molar refractivity (Wildman–Crippen MR) is 70.1 cm³/mol. The molecular weight excluding hydrogens is 214 g/mol. The maximum absolute atomic E-state index is 5.76. The number of hydrogen-bond acceptors (Lipinski definition) is 4. The summed E-state index contributed by atoms with van der Waals surface area (Å²) in [5.74, 6) is 0.643. The van der Waals surface area contributed by atoms with Gasteiger partial charge in [-0.2, -0.15) is 0 Å². The molecule has 1 aromatic rings. The predicted octanol–water partition coefficient (Wildman–Crippen LogP) is 1.82. The van der Waals surface area contributed by atoms with Crippen molar-refractivity contribution in [2.75, 3.05) is 20.7 Å². The van der Waals surface area contributed by atoms with Gasteiger partial charge in [0, 0.05) is 23.8 Å². The minimum absolute atomic E-state index is 0.00904. The van der Waals surface area contributed by atoms with Crippen molar-refractivity contribution in [2.24, 2.45) is 5.73 Å². The van der Waals surface area contributed by atoms with E-state index in [0.717, 1.165) is 5.56 Å². The minimum atomic E-state index is -0.0124. The Morgan fingerprint density at radius 2 is 2.06 bits per heavy atom. The summed E-state index contributed by atoms with van der Waals surface area (Å²) in [5, 5.41) is 0. The molecule has 0 saturated carbocycles. The van der Waals surface area contributed by atoms with E-state index in [0.29, 0.717) is 12.5 Å².